The van der Waals surface area contributed by atoms with Gasteiger partial charge in [0.15, 0.2) is 0 Å². The summed E-state index contributed by atoms with van der Waals surface area (Å²) in [5.41, 5.74) is 0. The van der Waals surface area contributed by atoms with Gasteiger partial charge < -0.3 is 14.8 Å². The molecule has 0 aliphatic rings. The molecule has 6 nitrogen and oxygen atoms in total. The molecule has 96 valence electrons. The molecule has 0 amide bonds. The molecule has 1 rings (SSSR count). The maximum Gasteiger partial charge on any atom is 0.433 e. The molecule has 0 aromatic carbocycles. The van der Waals surface area contributed by atoms with Gasteiger partial charge in [0, 0.05) is 6.61 Å². The summed E-state index contributed by atoms with van der Waals surface area (Å²) in [7, 11) is 0. The molecule has 1 aromatic rings. The van der Waals surface area contributed by atoms with Crippen LogP contribution in [0.2, 0.25) is 0 Å². The van der Waals surface area contributed by atoms with Crippen LogP contribution in [0.5, 0.6) is 0 Å². The first-order valence-corrected chi connectivity index (χ1v) is 5.72. The highest BCUT2D eigenvalue weighted by Gasteiger charge is 2.11. The number of furan rings is 1. The summed E-state index contributed by atoms with van der Waals surface area (Å²) >= 11 is 0. The number of hydrogen-bond acceptors (Lipinski definition) is 5. The van der Waals surface area contributed by atoms with Crippen molar-refractivity contribution in [2.45, 2.75) is 26.3 Å². The highest BCUT2D eigenvalue weighted by Crippen LogP contribution is 2.15. The standard InChI is InChI=1S/C11H18N2O4/c1-2-9(5-6-14)7-12-8-10-3-4-11(17-10)13(15)16/h3-4,9,12,14H,2,5-8H2,1H3. The zero-order valence-electron chi connectivity index (χ0n) is 9.89. The first-order valence-electron chi connectivity index (χ1n) is 5.72. The van der Waals surface area contributed by atoms with Gasteiger partial charge in [-0.3, -0.25) is 10.1 Å². The molecular formula is C11H18N2O4. The summed E-state index contributed by atoms with van der Waals surface area (Å²) in [6.45, 7) is 3.49. The Morgan fingerprint density at radius 2 is 2.35 bits per heavy atom. The maximum atomic E-state index is 10.4. The van der Waals surface area contributed by atoms with Crippen LogP contribution in [0.3, 0.4) is 0 Å². The van der Waals surface area contributed by atoms with Gasteiger partial charge in [0.25, 0.3) is 0 Å². The van der Waals surface area contributed by atoms with E-state index in [2.05, 4.69) is 12.2 Å². The molecule has 1 unspecified atom stereocenters. The normalized spacial score (nSPS) is 12.6. The quantitative estimate of drug-likeness (QED) is 0.535. The number of rotatable bonds is 8. The Hall–Kier alpha value is -1.40. The molecule has 0 spiro atoms. The van der Waals surface area contributed by atoms with Crippen molar-refractivity contribution >= 4 is 5.88 Å². The largest absolute Gasteiger partial charge is 0.433 e. The lowest BCUT2D eigenvalue weighted by molar-refractivity contribution is -0.402. The van der Waals surface area contributed by atoms with Gasteiger partial charge in [0.2, 0.25) is 0 Å². The zero-order valence-corrected chi connectivity index (χ0v) is 9.89. The molecule has 0 saturated carbocycles. The molecular weight excluding hydrogens is 224 g/mol. The number of hydrogen-bond donors (Lipinski definition) is 2. The van der Waals surface area contributed by atoms with E-state index in [0.717, 1.165) is 19.4 Å². The number of aliphatic hydroxyl groups excluding tert-OH is 1. The van der Waals surface area contributed by atoms with Gasteiger partial charge in [0.1, 0.15) is 10.7 Å². The average molecular weight is 242 g/mol. The van der Waals surface area contributed by atoms with Crippen molar-refractivity contribution in [3.63, 3.8) is 0 Å². The van der Waals surface area contributed by atoms with Gasteiger partial charge in [-0.25, -0.2) is 0 Å². The van der Waals surface area contributed by atoms with Crippen molar-refractivity contribution in [2.24, 2.45) is 5.92 Å². The first kappa shape index (κ1) is 13.7. The monoisotopic (exact) mass is 242 g/mol. The van der Waals surface area contributed by atoms with E-state index in [9.17, 15) is 10.1 Å². The number of nitrogens with zero attached hydrogens (tertiary/aromatic N) is 1. The SMILES string of the molecule is CCC(CCO)CNCc1ccc([N+](=O)[O-])o1. The number of aliphatic hydroxyl groups is 1. The van der Waals surface area contributed by atoms with Crippen LogP contribution < -0.4 is 5.32 Å². The number of nitrogens with one attached hydrogen (secondary N) is 1. The van der Waals surface area contributed by atoms with Crippen molar-refractivity contribution < 1.29 is 14.4 Å². The summed E-state index contributed by atoms with van der Waals surface area (Å²) in [4.78, 5) is 9.84. The summed E-state index contributed by atoms with van der Waals surface area (Å²) < 4.78 is 5.01. The van der Waals surface area contributed by atoms with E-state index in [1.165, 1.54) is 6.07 Å². The Kier molecular flexibility index (Phi) is 5.65. The second-order valence-electron chi connectivity index (χ2n) is 3.91. The molecule has 0 bridgehead atoms. The fraction of sp³-hybridized carbons (Fsp3) is 0.636. The second kappa shape index (κ2) is 7.03. The average Bonchev–Trinajstić information content (AvgIpc) is 2.77. The molecule has 0 radical (unpaired) electrons. The van der Waals surface area contributed by atoms with Gasteiger partial charge in [-0.1, -0.05) is 13.3 Å². The molecule has 17 heavy (non-hydrogen) atoms. The van der Waals surface area contributed by atoms with Crippen LogP contribution in [0.15, 0.2) is 16.5 Å². The third-order valence-corrected chi connectivity index (χ3v) is 2.67. The lowest BCUT2D eigenvalue weighted by atomic mass is 10.0. The Balaban J connectivity index is 2.32. The van der Waals surface area contributed by atoms with E-state index in [-0.39, 0.29) is 12.5 Å². The Bertz CT molecular complexity index is 351. The van der Waals surface area contributed by atoms with Crippen molar-refractivity contribution in [2.75, 3.05) is 13.2 Å². The van der Waals surface area contributed by atoms with Gasteiger partial charge in [-0.05, 0) is 24.9 Å². The predicted octanol–water partition coefficient (Wildman–Crippen LogP) is 1.69. The predicted molar refractivity (Wildman–Crippen MR) is 62.6 cm³/mol. The third kappa shape index (κ3) is 4.54. The van der Waals surface area contributed by atoms with Crippen molar-refractivity contribution in [3.05, 3.63) is 28.0 Å². The van der Waals surface area contributed by atoms with Gasteiger partial charge in [-0.2, -0.15) is 0 Å². The van der Waals surface area contributed by atoms with Crippen LogP contribution >= 0.6 is 0 Å². The van der Waals surface area contributed by atoms with E-state index < -0.39 is 4.92 Å². The van der Waals surface area contributed by atoms with Crippen LogP contribution in [0.4, 0.5) is 5.88 Å². The summed E-state index contributed by atoms with van der Waals surface area (Å²) in [5, 5.41) is 22.4. The topological polar surface area (TPSA) is 88.5 Å². The van der Waals surface area contributed by atoms with Gasteiger partial charge in [0.05, 0.1) is 12.6 Å². The van der Waals surface area contributed by atoms with E-state index in [4.69, 9.17) is 9.52 Å². The molecule has 1 aromatic heterocycles. The van der Waals surface area contributed by atoms with Crippen molar-refractivity contribution in [1.82, 2.24) is 5.32 Å². The molecule has 0 saturated heterocycles. The van der Waals surface area contributed by atoms with Gasteiger partial charge >= 0.3 is 5.88 Å². The smallest absolute Gasteiger partial charge is 0.404 e. The molecule has 1 heterocycles. The minimum Gasteiger partial charge on any atom is -0.404 e. The van der Waals surface area contributed by atoms with E-state index >= 15 is 0 Å². The van der Waals surface area contributed by atoms with E-state index in [1.54, 1.807) is 6.07 Å². The summed E-state index contributed by atoms with van der Waals surface area (Å²) in [6, 6.07) is 2.94. The number of nitro groups is 1. The van der Waals surface area contributed by atoms with Crippen LogP contribution in [0.25, 0.3) is 0 Å². The maximum absolute atomic E-state index is 10.4. The fourth-order valence-corrected chi connectivity index (χ4v) is 1.59. The zero-order chi connectivity index (χ0) is 12.7. The molecule has 0 aliphatic carbocycles. The summed E-state index contributed by atoms with van der Waals surface area (Å²) in [6.07, 6.45) is 1.76. The first-order chi connectivity index (χ1) is 8.17. The van der Waals surface area contributed by atoms with Crippen LogP contribution in [-0.2, 0) is 6.54 Å². The Labute approximate surface area is 99.8 Å². The molecule has 1 atom stereocenters. The highest BCUT2D eigenvalue weighted by molar-refractivity contribution is 5.17. The molecule has 0 aliphatic heterocycles. The molecule has 6 heteroatoms. The van der Waals surface area contributed by atoms with Gasteiger partial charge in [-0.15, -0.1) is 0 Å². The van der Waals surface area contributed by atoms with Crippen molar-refractivity contribution in [3.8, 4) is 0 Å². The minimum atomic E-state index is -0.551. The van der Waals surface area contributed by atoms with Crippen LogP contribution in [0.1, 0.15) is 25.5 Å². The third-order valence-electron chi connectivity index (χ3n) is 2.67. The lowest BCUT2D eigenvalue weighted by Gasteiger charge is -2.13. The molecule has 0 fully saturated rings. The molecule has 2 N–H and O–H groups in total. The van der Waals surface area contributed by atoms with E-state index in [0.29, 0.717) is 18.2 Å². The van der Waals surface area contributed by atoms with Crippen LogP contribution in [0, 0.1) is 16.0 Å². The lowest BCUT2D eigenvalue weighted by Crippen LogP contribution is -2.22. The fourth-order valence-electron chi connectivity index (χ4n) is 1.59. The van der Waals surface area contributed by atoms with Crippen molar-refractivity contribution in [1.29, 1.82) is 0 Å². The van der Waals surface area contributed by atoms with E-state index in [1.807, 2.05) is 0 Å². The van der Waals surface area contributed by atoms with Crippen LogP contribution in [-0.4, -0.2) is 23.2 Å². The summed E-state index contributed by atoms with van der Waals surface area (Å²) in [5.74, 6) is 0.740. The minimum absolute atomic E-state index is 0.187. The Morgan fingerprint density at radius 1 is 1.59 bits per heavy atom. The Morgan fingerprint density at radius 3 is 2.88 bits per heavy atom. The highest BCUT2D eigenvalue weighted by atomic mass is 16.6. The second-order valence-corrected chi connectivity index (χ2v) is 3.91.